The summed E-state index contributed by atoms with van der Waals surface area (Å²) in [5.41, 5.74) is 0.489. The lowest BCUT2D eigenvalue weighted by molar-refractivity contribution is -0.139. The summed E-state index contributed by atoms with van der Waals surface area (Å²) < 4.78 is 27.1. The molecule has 3 rings (SSSR count). The molecule has 2 fully saturated rings. The van der Waals surface area contributed by atoms with Gasteiger partial charge in [-0.3, -0.25) is 9.59 Å². The largest absolute Gasteiger partial charge is 0.337 e. The molecule has 0 unspecified atom stereocenters. The van der Waals surface area contributed by atoms with Gasteiger partial charge in [0, 0.05) is 50.2 Å². The van der Waals surface area contributed by atoms with Gasteiger partial charge in [0.05, 0.1) is 4.90 Å². The molecular weight excluding hydrogens is 402 g/mol. The maximum absolute atomic E-state index is 12.8. The van der Waals surface area contributed by atoms with Crippen LogP contribution in [0.3, 0.4) is 0 Å². The minimum Gasteiger partial charge on any atom is -0.337 e. The molecule has 156 valence electrons. The fourth-order valence-electron chi connectivity index (χ4n) is 3.76. The second-order valence-electron chi connectivity index (χ2n) is 7.34. The number of hydrogen-bond acceptors (Lipinski definition) is 5. The molecular formula is C19H28ClN3O4S. The first kappa shape index (κ1) is 22.8. The number of halogens is 1. The number of nitrogens with one attached hydrogen (secondary N) is 1. The molecule has 0 aromatic heterocycles. The van der Waals surface area contributed by atoms with Crippen molar-refractivity contribution in [1.82, 2.24) is 14.5 Å². The zero-order chi connectivity index (χ0) is 19.6. The van der Waals surface area contributed by atoms with E-state index < -0.39 is 10.0 Å². The highest BCUT2D eigenvalue weighted by Crippen LogP contribution is 2.26. The molecule has 1 amide bonds. The lowest BCUT2D eigenvalue weighted by Crippen LogP contribution is -2.55. The van der Waals surface area contributed by atoms with E-state index in [1.54, 1.807) is 0 Å². The van der Waals surface area contributed by atoms with E-state index in [-0.39, 0.29) is 41.0 Å². The van der Waals surface area contributed by atoms with Crippen LogP contribution in [0.4, 0.5) is 0 Å². The summed E-state index contributed by atoms with van der Waals surface area (Å²) >= 11 is 0. The van der Waals surface area contributed by atoms with Crippen molar-refractivity contribution in [2.24, 2.45) is 5.92 Å². The molecule has 1 aromatic rings. The lowest BCUT2D eigenvalue weighted by Gasteiger charge is -2.38. The highest BCUT2D eigenvalue weighted by atomic mass is 35.5. The number of benzene rings is 1. The number of ketones is 1. The van der Waals surface area contributed by atoms with Gasteiger partial charge < -0.3 is 10.2 Å². The van der Waals surface area contributed by atoms with Crippen molar-refractivity contribution in [3.8, 4) is 0 Å². The number of sulfonamides is 1. The number of hydrogen-bond donors (Lipinski definition) is 1. The first-order valence-corrected chi connectivity index (χ1v) is 10.9. The van der Waals surface area contributed by atoms with Crippen LogP contribution >= 0.6 is 12.4 Å². The minimum atomic E-state index is -3.60. The maximum Gasteiger partial charge on any atom is 0.243 e. The summed E-state index contributed by atoms with van der Waals surface area (Å²) in [4.78, 5) is 26.3. The average Bonchev–Trinajstić information content (AvgIpc) is 2.68. The average molecular weight is 430 g/mol. The van der Waals surface area contributed by atoms with Crippen LogP contribution < -0.4 is 5.32 Å². The van der Waals surface area contributed by atoms with Crippen molar-refractivity contribution in [3.05, 3.63) is 29.8 Å². The molecule has 0 radical (unpaired) electrons. The number of piperidine rings is 1. The molecule has 0 spiro atoms. The van der Waals surface area contributed by atoms with Gasteiger partial charge in [0.2, 0.25) is 15.9 Å². The number of amides is 1. The Labute approximate surface area is 172 Å². The Morgan fingerprint density at radius 3 is 2.21 bits per heavy atom. The van der Waals surface area contributed by atoms with Crippen LogP contribution in [0.5, 0.6) is 0 Å². The summed E-state index contributed by atoms with van der Waals surface area (Å²) in [5, 5.41) is 3.28. The number of piperazine rings is 1. The Bertz CT molecular complexity index is 805. The van der Waals surface area contributed by atoms with Crippen LogP contribution in [0.25, 0.3) is 0 Å². The van der Waals surface area contributed by atoms with E-state index in [0.717, 1.165) is 13.1 Å². The second-order valence-corrected chi connectivity index (χ2v) is 9.28. The molecule has 2 aliphatic heterocycles. The predicted molar refractivity (Wildman–Crippen MR) is 109 cm³/mol. The summed E-state index contributed by atoms with van der Waals surface area (Å²) in [6.07, 6.45) is 1.08. The SMILES string of the molecule is CC(=O)c1ccc(S(=O)(=O)N2CCC(C(=O)N3CCNC[C@H]3C)CC2)cc1.Cl. The Morgan fingerprint density at radius 2 is 1.68 bits per heavy atom. The van der Waals surface area contributed by atoms with Crippen molar-refractivity contribution < 1.29 is 18.0 Å². The zero-order valence-electron chi connectivity index (χ0n) is 16.3. The Balaban J connectivity index is 0.00000280. The van der Waals surface area contributed by atoms with E-state index in [2.05, 4.69) is 5.32 Å². The zero-order valence-corrected chi connectivity index (χ0v) is 17.9. The monoisotopic (exact) mass is 429 g/mol. The molecule has 0 saturated carbocycles. The molecule has 2 heterocycles. The van der Waals surface area contributed by atoms with Gasteiger partial charge in [0.15, 0.2) is 5.78 Å². The molecule has 2 saturated heterocycles. The minimum absolute atomic E-state index is 0. The second kappa shape index (κ2) is 9.35. The number of nitrogens with zero attached hydrogens (tertiary/aromatic N) is 2. The van der Waals surface area contributed by atoms with Crippen LogP contribution in [-0.2, 0) is 14.8 Å². The quantitative estimate of drug-likeness (QED) is 0.733. The first-order chi connectivity index (χ1) is 12.8. The van der Waals surface area contributed by atoms with Gasteiger partial charge in [-0.15, -0.1) is 12.4 Å². The smallest absolute Gasteiger partial charge is 0.243 e. The summed E-state index contributed by atoms with van der Waals surface area (Å²) in [6.45, 7) is 6.48. The summed E-state index contributed by atoms with van der Waals surface area (Å²) in [5.74, 6) is -0.0654. The molecule has 7 nitrogen and oxygen atoms in total. The number of carbonyl (C=O) groups is 2. The van der Waals surface area contributed by atoms with Crippen LogP contribution in [0.2, 0.25) is 0 Å². The van der Waals surface area contributed by atoms with Crippen LogP contribution in [0, 0.1) is 5.92 Å². The fourth-order valence-corrected chi connectivity index (χ4v) is 5.23. The van der Waals surface area contributed by atoms with Crippen molar-refractivity contribution in [1.29, 1.82) is 0 Å². The molecule has 0 aliphatic carbocycles. The predicted octanol–water partition coefficient (Wildman–Crippen LogP) is 1.53. The highest BCUT2D eigenvalue weighted by molar-refractivity contribution is 7.89. The highest BCUT2D eigenvalue weighted by Gasteiger charge is 2.35. The first-order valence-electron chi connectivity index (χ1n) is 9.43. The Hall–Kier alpha value is -1.48. The molecule has 2 aliphatic rings. The van der Waals surface area contributed by atoms with Gasteiger partial charge in [-0.2, -0.15) is 4.31 Å². The number of carbonyl (C=O) groups excluding carboxylic acids is 2. The van der Waals surface area contributed by atoms with Crippen molar-refractivity contribution >= 4 is 34.1 Å². The molecule has 1 atom stereocenters. The van der Waals surface area contributed by atoms with Crippen LogP contribution in [0.1, 0.15) is 37.0 Å². The van der Waals surface area contributed by atoms with E-state index in [0.29, 0.717) is 38.0 Å². The molecule has 9 heteroatoms. The van der Waals surface area contributed by atoms with Crippen molar-refractivity contribution in [2.45, 2.75) is 37.6 Å². The van der Waals surface area contributed by atoms with Gasteiger partial charge >= 0.3 is 0 Å². The van der Waals surface area contributed by atoms with E-state index in [9.17, 15) is 18.0 Å². The van der Waals surface area contributed by atoms with Gasteiger partial charge in [-0.25, -0.2) is 8.42 Å². The van der Waals surface area contributed by atoms with Crippen LogP contribution in [-0.4, -0.2) is 68.1 Å². The Kier molecular flexibility index (Phi) is 7.61. The summed E-state index contributed by atoms with van der Waals surface area (Å²) in [7, 11) is -3.60. The van der Waals surface area contributed by atoms with Gasteiger partial charge in [0.1, 0.15) is 0 Å². The van der Waals surface area contributed by atoms with Gasteiger partial charge in [-0.1, -0.05) is 12.1 Å². The molecule has 1 N–H and O–H groups in total. The summed E-state index contributed by atoms with van der Waals surface area (Å²) in [6, 6.07) is 6.21. The van der Waals surface area contributed by atoms with Crippen LogP contribution in [0.15, 0.2) is 29.2 Å². The number of rotatable bonds is 4. The topological polar surface area (TPSA) is 86.8 Å². The maximum atomic E-state index is 12.8. The van der Waals surface area contributed by atoms with Gasteiger partial charge in [-0.05, 0) is 38.8 Å². The molecule has 0 bridgehead atoms. The van der Waals surface area contributed by atoms with E-state index in [1.807, 2.05) is 11.8 Å². The normalized spacial score (nSPS) is 21.8. The lowest BCUT2D eigenvalue weighted by atomic mass is 9.95. The Morgan fingerprint density at radius 1 is 1.07 bits per heavy atom. The fraction of sp³-hybridized carbons (Fsp3) is 0.579. The third kappa shape index (κ3) is 4.74. The third-order valence-electron chi connectivity index (χ3n) is 5.49. The van der Waals surface area contributed by atoms with Crippen molar-refractivity contribution in [2.75, 3.05) is 32.7 Å². The van der Waals surface area contributed by atoms with E-state index >= 15 is 0 Å². The standard InChI is InChI=1S/C19H27N3O4S.ClH/c1-14-13-20-9-12-22(14)19(24)17-7-10-21(11-8-17)27(25,26)18-5-3-16(4-6-18)15(2)23;/h3-6,14,17,20H,7-13H2,1-2H3;1H/t14-;/m1./s1. The van der Waals surface area contributed by atoms with E-state index in [1.165, 1.54) is 35.5 Å². The number of Topliss-reactive ketones (excluding diaryl/α,β-unsaturated/α-hetero) is 1. The third-order valence-corrected chi connectivity index (χ3v) is 7.40. The molecule has 28 heavy (non-hydrogen) atoms. The molecule has 1 aromatic carbocycles. The van der Waals surface area contributed by atoms with Gasteiger partial charge in [0.25, 0.3) is 0 Å². The van der Waals surface area contributed by atoms with E-state index in [4.69, 9.17) is 0 Å². The van der Waals surface area contributed by atoms with Crippen molar-refractivity contribution in [3.63, 3.8) is 0 Å².